The molecule has 0 N–H and O–H groups in total. The van der Waals surface area contributed by atoms with Gasteiger partial charge in [0.25, 0.3) is 0 Å². The molecule has 3 rings (SSSR count). The normalized spacial score (nSPS) is 17.0. The van der Waals surface area contributed by atoms with Crippen molar-refractivity contribution >= 4 is 17.1 Å². The zero-order valence-corrected chi connectivity index (χ0v) is 17.8. The molecular formula is C23H19F6NO3. The number of ether oxygens (including phenoxy) is 2. The minimum absolute atomic E-state index is 0.0148. The van der Waals surface area contributed by atoms with Crippen molar-refractivity contribution in [2.75, 3.05) is 14.2 Å². The lowest BCUT2D eigenvalue weighted by Crippen LogP contribution is -2.17. The van der Waals surface area contributed by atoms with Crippen molar-refractivity contribution in [3.63, 3.8) is 0 Å². The Morgan fingerprint density at radius 2 is 1.58 bits per heavy atom. The Bertz CT molecular complexity index is 1080. The van der Waals surface area contributed by atoms with E-state index >= 15 is 0 Å². The molecule has 0 bridgehead atoms. The third kappa shape index (κ3) is 5.20. The van der Waals surface area contributed by atoms with Crippen molar-refractivity contribution in [2.45, 2.75) is 25.7 Å². The number of rotatable bonds is 4. The lowest BCUT2D eigenvalue weighted by Gasteiger charge is -2.26. The predicted octanol–water partition coefficient (Wildman–Crippen LogP) is 6.18. The summed E-state index contributed by atoms with van der Waals surface area (Å²) in [6.07, 6.45) is -7.15. The molecule has 176 valence electrons. The van der Waals surface area contributed by atoms with Crippen LogP contribution in [0.15, 0.2) is 48.2 Å². The SMILES string of the molecule is COC(=O)C1=CC(c2ccc(OC)nc2)=C(c2cc(C(F)(F)F)cc(C(F)(F)F)c2)CC1C. The van der Waals surface area contributed by atoms with Crippen LogP contribution in [0, 0.1) is 5.92 Å². The minimum atomic E-state index is -4.98. The molecule has 1 aromatic carbocycles. The Hall–Kier alpha value is -3.30. The van der Waals surface area contributed by atoms with E-state index in [1.807, 2.05) is 0 Å². The van der Waals surface area contributed by atoms with Crippen LogP contribution in [0.2, 0.25) is 0 Å². The van der Waals surface area contributed by atoms with Crippen LogP contribution in [0.1, 0.15) is 35.6 Å². The highest BCUT2D eigenvalue weighted by atomic mass is 19.4. The second-order valence-electron chi connectivity index (χ2n) is 7.47. The molecule has 0 saturated heterocycles. The molecule has 0 radical (unpaired) electrons. The number of halogens is 6. The minimum Gasteiger partial charge on any atom is -0.481 e. The summed E-state index contributed by atoms with van der Waals surface area (Å²) < 4.78 is 90.3. The van der Waals surface area contributed by atoms with Crippen molar-refractivity contribution in [3.05, 3.63) is 70.4 Å². The van der Waals surface area contributed by atoms with Gasteiger partial charge in [0.2, 0.25) is 5.88 Å². The molecule has 33 heavy (non-hydrogen) atoms. The Labute approximate surface area is 185 Å². The lowest BCUT2D eigenvalue weighted by molar-refractivity contribution is -0.143. The Morgan fingerprint density at radius 1 is 0.970 bits per heavy atom. The molecule has 10 heteroatoms. The second kappa shape index (κ2) is 8.92. The number of methoxy groups -OCH3 is 2. The first-order chi connectivity index (χ1) is 15.3. The van der Waals surface area contributed by atoms with Crippen LogP contribution in [0.3, 0.4) is 0 Å². The molecule has 1 unspecified atom stereocenters. The molecule has 2 aromatic rings. The summed E-state index contributed by atoms with van der Waals surface area (Å²) in [7, 11) is 2.58. The quantitative estimate of drug-likeness (QED) is 0.395. The van der Waals surface area contributed by atoms with Crippen LogP contribution < -0.4 is 4.74 Å². The van der Waals surface area contributed by atoms with Gasteiger partial charge in [0.1, 0.15) is 0 Å². The molecule has 0 fully saturated rings. The summed E-state index contributed by atoms with van der Waals surface area (Å²) in [6, 6.07) is 4.51. The Kier molecular flexibility index (Phi) is 6.58. The number of pyridine rings is 1. The Morgan fingerprint density at radius 3 is 2.03 bits per heavy atom. The topological polar surface area (TPSA) is 48.4 Å². The fourth-order valence-electron chi connectivity index (χ4n) is 3.61. The van der Waals surface area contributed by atoms with E-state index in [2.05, 4.69) is 4.98 Å². The van der Waals surface area contributed by atoms with E-state index in [1.165, 1.54) is 32.6 Å². The average molecular weight is 471 g/mol. The molecule has 1 heterocycles. The van der Waals surface area contributed by atoms with E-state index < -0.39 is 35.4 Å². The van der Waals surface area contributed by atoms with Gasteiger partial charge >= 0.3 is 18.3 Å². The summed E-state index contributed by atoms with van der Waals surface area (Å²) in [5, 5.41) is 0. The largest absolute Gasteiger partial charge is 0.481 e. The summed E-state index contributed by atoms with van der Waals surface area (Å²) in [6.45, 7) is 1.64. The summed E-state index contributed by atoms with van der Waals surface area (Å²) in [4.78, 5) is 16.3. The number of alkyl halides is 6. The van der Waals surface area contributed by atoms with E-state index in [0.29, 0.717) is 17.7 Å². The van der Waals surface area contributed by atoms with Gasteiger partial charge in [0.05, 0.1) is 25.3 Å². The number of nitrogens with zero attached hydrogens (tertiary/aromatic N) is 1. The van der Waals surface area contributed by atoms with E-state index in [0.717, 1.165) is 0 Å². The standard InChI is InChI=1S/C23H19F6NO3/c1-12-6-18(14-7-15(22(24,25)26)9-16(8-14)23(27,28)29)19(10-17(12)21(31)33-3)13-4-5-20(32-2)30-11-13/h4-5,7-12H,6H2,1-3H3. The number of carbonyl (C=O) groups excluding carboxylic acids is 1. The van der Waals surface area contributed by atoms with Crippen molar-refractivity contribution < 1.29 is 40.6 Å². The molecule has 1 aliphatic carbocycles. The summed E-state index contributed by atoms with van der Waals surface area (Å²) in [5.74, 6) is -0.882. The number of esters is 1. The molecule has 0 spiro atoms. The lowest BCUT2D eigenvalue weighted by atomic mass is 9.79. The second-order valence-corrected chi connectivity index (χ2v) is 7.47. The van der Waals surface area contributed by atoms with Gasteiger partial charge in [0, 0.05) is 23.4 Å². The zero-order valence-electron chi connectivity index (χ0n) is 17.8. The van der Waals surface area contributed by atoms with E-state index in [1.54, 1.807) is 13.0 Å². The highest BCUT2D eigenvalue weighted by molar-refractivity contribution is 6.03. The molecule has 1 aliphatic rings. The summed E-state index contributed by atoms with van der Waals surface area (Å²) >= 11 is 0. The maximum absolute atomic E-state index is 13.4. The highest BCUT2D eigenvalue weighted by Gasteiger charge is 2.38. The first kappa shape index (κ1) is 24.3. The third-order valence-electron chi connectivity index (χ3n) is 5.28. The van der Waals surface area contributed by atoms with Gasteiger partial charge in [0.15, 0.2) is 0 Å². The van der Waals surface area contributed by atoms with Crippen molar-refractivity contribution in [2.24, 2.45) is 5.92 Å². The number of allylic oxidation sites excluding steroid dienone is 3. The molecule has 4 nitrogen and oxygen atoms in total. The van der Waals surface area contributed by atoms with Gasteiger partial charge in [-0.3, -0.25) is 0 Å². The van der Waals surface area contributed by atoms with Crippen LogP contribution in [0.25, 0.3) is 11.1 Å². The van der Waals surface area contributed by atoms with E-state index in [-0.39, 0.29) is 40.6 Å². The van der Waals surface area contributed by atoms with Crippen LogP contribution in [-0.2, 0) is 21.9 Å². The fraction of sp³-hybridized carbons (Fsp3) is 0.304. The number of hydrogen-bond donors (Lipinski definition) is 0. The molecule has 1 atom stereocenters. The number of hydrogen-bond acceptors (Lipinski definition) is 4. The third-order valence-corrected chi connectivity index (χ3v) is 5.28. The van der Waals surface area contributed by atoms with E-state index in [4.69, 9.17) is 9.47 Å². The average Bonchev–Trinajstić information content (AvgIpc) is 2.77. The van der Waals surface area contributed by atoms with Gasteiger partial charge in [-0.1, -0.05) is 6.92 Å². The Balaban J connectivity index is 2.32. The maximum Gasteiger partial charge on any atom is 0.416 e. The van der Waals surface area contributed by atoms with Crippen molar-refractivity contribution in [3.8, 4) is 5.88 Å². The molecule has 0 aliphatic heterocycles. The van der Waals surface area contributed by atoms with Crippen LogP contribution in [0.5, 0.6) is 5.88 Å². The zero-order chi connectivity index (χ0) is 24.6. The monoisotopic (exact) mass is 471 g/mol. The predicted molar refractivity (Wildman–Crippen MR) is 108 cm³/mol. The molecule has 1 aromatic heterocycles. The van der Waals surface area contributed by atoms with Gasteiger partial charge in [-0.25, -0.2) is 9.78 Å². The van der Waals surface area contributed by atoms with E-state index in [9.17, 15) is 31.1 Å². The van der Waals surface area contributed by atoms with Gasteiger partial charge in [-0.2, -0.15) is 26.3 Å². The van der Waals surface area contributed by atoms with Gasteiger partial charge in [-0.05, 0) is 59.4 Å². The first-order valence-corrected chi connectivity index (χ1v) is 9.68. The van der Waals surface area contributed by atoms with Gasteiger partial charge < -0.3 is 9.47 Å². The molecule has 0 amide bonds. The van der Waals surface area contributed by atoms with Crippen LogP contribution in [0.4, 0.5) is 26.3 Å². The van der Waals surface area contributed by atoms with Crippen LogP contribution in [-0.4, -0.2) is 25.2 Å². The van der Waals surface area contributed by atoms with Gasteiger partial charge in [-0.15, -0.1) is 0 Å². The van der Waals surface area contributed by atoms with Crippen LogP contribution >= 0.6 is 0 Å². The molecular weight excluding hydrogens is 452 g/mol. The number of carbonyl (C=O) groups is 1. The van der Waals surface area contributed by atoms with Crippen molar-refractivity contribution in [1.29, 1.82) is 0 Å². The summed E-state index contributed by atoms with van der Waals surface area (Å²) in [5.41, 5.74) is -1.94. The highest BCUT2D eigenvalue weighted by Crippen LogP contribution is 2.43. The first-order valence-electron chi connectivity index (χ1n) is 9.68. The number of benzene rings is 1. The fourth-order valence-corrected chi connectivity index (χ4v) is 3.61. The molecule has 0 saturated carbocycles. The number of aromatic nitrogens is 1. The smallest absolute Gasteiger partial charge is 0.416 e. The van der Waals surface area contributed by atoms with Crippen molar-refractivity contribution in [1.82, 2.24) is 4.98 Å². The maximum atomic E-state index is 13.4.